The van der Waals surface area contributed by atoms with Gasteiger partial charge in [-0.3, -0.25) is 14.5 Å². The highest BCUT2D eigenvalue weighted by Gasteiger charge is 2.33. The lowest BCUT2D eigenvalue weighted by Crippen LogP contribution is -2.27. The van der Waals surface area contributed by atoms with Crippen LogP contribution in [-0.4, -0.2) is 23.2 Å². The summed E-state index contributed by atoms with van der Waals surface area (Å²) in [5.41, 5.74) is 2.92. The van der Waals surface area contributed by atoms with E-state index in [1.165, 1.54) is 23.6 Å². The van der Waals surface area contributed by atoms with Crippen LogP contribution in [0.1, 0.15) is 18.1 Å². The Bertz CT molecular complexity index is 1330. The van der Waals surface area contributed by atoms with Gasteiger partial charge in [0.25, 0.3) is 5.91 Å². The molecule has 3 aromatic rings. The summed E-state index contributed by atoms with van der Waals surface area (Å²) in [5.74, 6) is 0.721. The van der Waals surface area contributed by atoms with E-state index in [1.807, 2.05) is 30.3 Å². The van der Waals surface area contributed by atoms with Crippen molar-refractivity contribution in [2.75, 3.05) is 17.3 Å². The predicted molar refractivity (Wildman–Crippen MR) is 145 cm³/mol. The summed E-state index contributed by atoms with van der Waals surface area (Å²) < 4.78 is 11.8. The monoisotopic (exact) mass is 524 g/mol. The van der Waals surface area contributed by atoms with E-state index in [0.29, 0.717) is 43.7 Å². The minimum absolute atomic E-state index is 0.165. The van der Waals surface area contributed by atoms with Crippen LogP contribution in [0, 0.1) is 0 Å². The topological polar surface area (TPSA) is 67.9 Å². The Morgan fingerprint density at radius 1 is 1.11 bits per heavy atom. The number of methoxy groups -OCH3 is 1. The number of nitrogens with one attached hydrogen (secondary N) is 1. The first-order valence-electron chi connectivity index (χ1n) is 10.6. The summed E-state index contributed by atoms with van der Waals surface area (Å²) >= 11 is 12.9. The van der Waals surface area contributed by atoms with Gasteiger partial charge in [-0.1, -0.05) is 59.8 Å². The first kappa shape index (κ1) is 24.8. The van der Waals surface area contributed by atoms with E-state index in [2.05, 4.69) is 5.32 Å². The van der Waals surface area contributed by atoms with Crippen molar-refractivity contribution in [3.05, 3.63) is 87.8 Å². The third kappa shape index (κ3) is 5.85. The highest BCUT2D eigenvalue weighted by molar-refractivity contribution is 8.27. The van der Waals surface area contributed by atoms with E-state index < -0.39 is 0 Å². The minimum atomic E-state index is -0.217. The number of carbonyl (C=O) groups is 2. The average molecular weight is 525 g/mol. The van der Waals surface area contributed by atoms with Crippen LogP contribution in [0.15, 0.2) is 71.6 Å². The van der Waals surface area contributed by atoms with Gasteiger partial charge in [0.1, 0.15) is 6.61 Å². The molecule has 6 nitrogen and oxygen atoms in total. The van der Waals surface area contributed by atoms with Crippen LogP contribution in [0.4, 0.5) is 11.4 Å². The van der Waals surface area contributed by atoms with Crippen LogP contribution < -0.4 is 19.7 Å². The fraction of sp³-hybridized carbons (Fsp3) is 0.115. The molecule has 2 amide bonds. The van der Waals surface area contributed by atoms with Crippen LogP contribution >= 0.6 is 35.6 Å². The maximum atomic E-state index is 13.1. The second kappa shape index (κ2) is 10.9. The molecule has 0 saturated carbocycles. The third-order valence-corrected chi connectivity index (χ3v) is 6.74. The van der Waals surface area contributed by atoms with Crippen LogP contribution in [0.25, 0.3) is 6.08 Å². The van der Waals surface area contributed by atoms with E-state index in [1.54, 1.807) is 49.6 Å². The molecule has 1 aliphatic rings. The number of hydrogen-bond acceptors (Lipinski definition) is 6. The van der Waals surface area contributed by atoms with Gasteiger partial charge in [0, 0.05) is 23.2 Å². The predicted octanol–water partition coefficient (Wildman–Crippen LogP) is 6.29. The van der Waals surface area contributed by atoms with E-state index in [0.717, 1.165) is 11.1 Å². The molecule has 0 atom stereocenters. The summed E-state index contributed by atoms with van der Waals surface area (Å²) in [7, 11) is 1.56. The smallest absolute Gasteiger partial charge is 0.270 e. The fourth-order valence-corrected chi connectivity index (χ4v) is 4.89. The lowest BCUT2D eigenvalue weighted by atomic mass is 10.1. The molecule has 1 fully saturated rings. The van der Waals surface area contributed by atoms with Gasteiger partial charge >= 0.3 is 0 Å². The van der Waals surface area contributed by atoms with Gasteiger partial charge < -0.3 is 14.8 Å². The average Bonchev–Trinajstić information content (AvgIpc) is 3.11. The summed E-state index contributed by atoms with van der Waals surface area (Å²) in [6.07, 6.45) is 1.77. The molecule has 178 valence electrons. The second-order valence-corrected chi connectivity index (χ2v) is 9.62. The fourth-order valence-electron chi connectivity index (χ4n) is 3.40. The van der Waals surface area contributed by atoms with Crippen molar-refractivity contribution < 1.29 is 19.1 Å². The first-order chi connectivity index (χ1) is 16.9. The Labute approximate surface area is 217 Å². The number of rotatable bonds is 7. The molecule has 0 aromatic heterocycles. The van der Waals surface area contributed by atoms with Gasteiger partial charge in [0.2, 0.25) is 5.91 Å². The number of halogens is 1. The van der Waals surface area contributed by atoms with Crippen molar-refractivity contribution in [3.63, 3.8) is 0 Å². The van der Waals surface area contributed by atoms with Crippen molar-refractivity contribution in [1.82, 2.24) is 0 Å². The lowest BCUT2D eigenvalue weighted by molar-refractivity contribution is -0.114. The third-order valence-electron chi connectivity index (χ3n) is 5.07. The molecule has 35 heavy (non-hydrogen) atoms. The summed E-state index contributed by atoms with van der Waals surface area (Å²) in [6, 6.07) is 19.9. The molecule has 1 heterocycles. The SMILES string of the molecule is COc1cc(/C=C2\SC(=S)N(c3ccc(NC(C)=O)cc3)C2=O)ccc1OCc1ccccc1Cl. The number of ether oxygens (including phenoxy) is 2. The number of thiocarbonyl (C=S) groups is 1. The Balaban J connectivity index is 1.51. The van der Waals surface area contributed by atoms with Gasteiger partial charge in [-0.2, -0.15) is 0 Å². The molecule has 0 spiro atoms. The van der Waals surface area contributed by atoms with E-state index in [4.69, 9.17) is 33.3 Å². The molecular formula is C26H21ClN2O4S2. The van der Waals surface area contributed by atoms with Gasteiger partial charge in [-0.15, -0.1) is 0 Å². The Morgan fingerprint density at radius 3 is 2.54 bits per heavy atom. The number of benzene rings is 3. The van der Waals surface area contributed by atoms with Crippen LogP contribution in [0.5, 0.6) is 11.5 Å². The van der Waals surface area contributed by atoms with Crippen molar-refractivity contribution in [3.8, 4) is 11.5 Å². The van der Waals surface area contributed by atoms with E-state index in [-0.39, 0.29) is 11.8 Å². The van der Waals surface area contributed by atoms with Crippen molar-refractivity contribution >= 4 is 69.2 Å². The standard InChI is InChI=1S/C26H21ClN2O4S2/c1-16(30)28-19-8-10-20(11-9-19)29-25(31)24(35-26(29)34)14-17-7-12-22(23(13-17)32-2)33-15-18-5-3-4-6-21(18)27/h3-14H,15H2,1-2H3,(H,28,30)/b24-14-. The molecule has 1 aliphatic heterocycles. The van der Waals surface area contributed by atoms with Crippen LogP contribution in [0.3, 0.4) is 0 Å². The number of thioether (sulfide) groups is 1. The molecule has 0 aliphatic carbocycles. The quantitative estimate of drug-likeness (QED) is 0.289. The van der Waals surface area contributed by atoms with Crippen LogP contribution in [0.2, 0.25) is 5.02 Å². The minimum Gasteiger partial charge on any atom is -0.493 e. The molecule has 9 heteroatoms. The number of hydrogen-bond donors (Lipinski definition) is 1. The molecule has 0 unspecified atom stereocenters. The highest BCUT2D eigenvalue weighted by Crippen LogP contribution is 2.37. The summed E-state index contributed by atoms with van der Waals surface area (Å²) in [6.45, 7) is 1.74. The maximum Gasteiger partial charge on any atom is 0.270 e. The Morgan fingerprint density at radius 2 is 1.86 bits per heavy atom. The Hall–Kier alpha value is -3.33. The highest BCUT2D eigenvalue weighted by atomic mass is 35.5. The molecule has 0 bridgehead atoms. The zero-order chi connectivity index (χ0) is 24.9. The number of carbonyl (C=O) groups excluding carboxylic acids is 2. The maximum absolute atomic E-state index is 13.1. The van der Waals surface area contributed by atoms with Gasteiger partial charge in [0.15, 0.2) is 15.8 Å². The second-order valence-electron chi connectivity index (χ2n) is 7.54. The first-order valence-corrected chi connectivity index (χ1v) is 12.2. The molecule has 0 radical (unpaired) electrons. The molecule has 1 saturated heterocycles. The van der Waals surface area contributed by atoms with Gasteiger partial charge in [-0.05, 0) is 54.1 Å². The molecule has 4 rings (SSSR count). The molecular weight excluding hydrogens is 504 g/mol. The number of amides is 2. The summed E-state index contributed by atoms with van der Waals surface area (Å²) in [4.78, 5) is 26.3. The summed E-state index contributed by atoms with van der Waals surface area (Å²) in [5, 5.41) is 3.34. The molecule has 3 aromatic carbocycles. The zero-order valence-corrected chi connectivity index (χ0v) is 21.3. The van der Waals surface area contributed by atoms with Crippen molar-refractivity contribution in [1.29, 1.82) is 0 Å². The Kier molecular flexibility index (Phi) is 7.75. The lowest BCUT2D eigenvalue weighted by Gasteiger charge is -2.15. The number of nitrogens with zero attached hydrogens (tertiary/aromatic N) is 1. The molecule has 1 N–H and O–H groups in total. The largest absolute Gasteiger partial charge is 0.493 e. The van der Waals surface area contributed by atoms with Crippen LogP contribution in [-0.2, 0) is 16.2 Å². The van der Waals surface area contributed by atoms with Gasteiger partial charge in [-0.25, -0.2) is 0 Å². The van der Waals surface area contributed by atoms with Gasteiger partial charge in [0.05, 0.1) is 17.7 Å². The van der Waals surface area contributed by atoms with E-state index >= 15 is 0 Å². The van der Waals surface area contributed by atoms with Crippen molar-refractivity contribution in [2.24, 2.45) is 0 Å². The number of anilines is 2. The zero-order valence-electron chi connectivity index (χ0n) is 18.9. The van der Waals surface area contributed by atoms with E-state index in [9.17, 15) is 9.59 Å². The normalized spacial score (nSPS) is 14.4. The van der Waals surface area contributed by atoms with Crippen molar-refractivity contribution in [2.45, 2.75) is 13.5 Å².